The van der Waals surface area contributed by atoms with E-state index < -0.39 is 5.60 Å². The fourth-order valence-corrected chi connectivity index (χ4v) is 1.42. The Hall–Kier alpha value is -1.34. The second-order valence-electron chi connectivity index (χ2n) is 3.84. The van der Waals surface area contributed by atoms with E-state index in [1.54, 1.807) is 0 Å². The molecular formula is C14H18O. The Bertz CT molecular complexity index is 322. The first-order chi connectivity index (χ1) is 7.17. The Morgan fingerprint density at radius 1 is 1.27 bits per heavy atom. The minimum Gasteiger partial charge on any atom is -0.385 e. The van der Waals surface area contributed by atoms with Crippen LogP contribution in [0.1, 0.15) is 25.3 Å². The van der Waals surface area contributed by atoms with Gasteiger partial charge in [0.15, 0.2) is 0 Å². The van der Waals surface area contributed by atoms with Gasteiger partial charge >= 0.3 is 0 Å². The van der Waals surface area contributed by atoms with Crippen LogP contribution in [0, 0.1) is 0 Å². The summed E-state index contributed by atoms with van der Waals surface area (Å²) in [7, 11) is 0. The molecule has 0 saturated carbocycles. The maximum atomic E-state index is 10.2. The van der Waals surface area contributed by atoms with Crippen molar-refractivity contribution in [1.29, 1.82) is 0 Å². The van der Waals surface area contributed by atoms with E-state index in [2.05, 4.69) is 6.58 Å². The molecule has 0 aliphatic heterocycles. The standard InChI is InChI=1S/C14H18O/c1-3-4-5-9-12-14(2,15)13-10-7-6-8-11-13/h3,5-11,15H,1,4,12H2,2H3/b9-5+. The summed E-state index contributed by atoms with van der Waals surface area (Å²) in [6, 6.07) is 9.73. The van der Waals surface area contributed by atoms with Crippen LogP contribution in [0.2, 0.25) is 0 Å². The normalized spacial score (nSPS) is 15.1. The van der Waals surface area contributed by atoms with E-state index in [1.165, 1.54) is 0 Å². The smallest absolute Gasteiger partial charge is 0.0902 e. The van der Waals surface area contributed by atoms with E-state index in [4.69, 9.17) is 0 Å². The molecule has 0 amide bonds. The number of hydrogen-bond donors (Lipinski definition) is 1. The largest absolute Gasteiger partial charge is 0.385 e. The highest BCUT2D eigenvalue weighted by molar-refractivity contribution is 5.22. The van der Waals surface area contributed by atoms with Crippen LogP contribution in [-0.2, 0) is 5.60 Å². The van der Waals surface area contributed by atoms with Crippen LogP contribution in [-0.4, -0.2) is 5.11 Å². The summed E-state index contributed by atoms with van der Waals surface area (Å²) in [5, 5.41) is 10.2. The molecule has 1 N–H and O–H groups in total. The summed E-state index contributed by atoms with van der Waals surface area (Å²) >= 11 is 0. The topological polar surface area (TPSA) is 20.2 Å². The number of aliphatic hydroxyl groups is 1. The van der Waals surface area contributed by atoms with Gasteiger partial charge in [0.1, 0.15) is 0 Å². The summed E-state index contributed by atoms with van der Waals surface area (Å²) in [6.07, 6.45) is 7.34. The predicted molar refractivity (Wildman–Crippen MR) is 64.6 cm³/mol. The first-order valence-corrected chi connectivity index (χ1v) is 5.20. The van der Waals surface area contributed by atoms with Gasteiger partial charge in [0.05, 0.1) is 5.60 Å². The van der Waals surface area contributed by atoms with Gasteiger partial charge in [0.2, 0.25) is 0 Å². The van der Waals surface area contributed by atoms with Gasteiger partial charge < -0.3 is 5.11 Å². The van der Waals surface area contributed by atoms with Crippen LogP contribution in [0.5, 0.6) is 0 Å². The van der Waals surface area contributed by atoms with Crippen molar-refractivity contribution in [2.45, 2.75) is 25.4 Å². The Balaban J connectivity index is 2.63. The summed E-state index contributed by atoms with van der Waals surface area (Å²) in [5.74, 6) is 0. The second-order valence-corrected chi connectivity index (χ2v) is 3.84. The average Bonchev–Trinajstić information content (AvgIpc) is 2.26. The van der Waals surface area contributed by atoms with Crippen LogP contribution < -0.4 is 0 Å². The minimum absolute atomic E-state index is 0.630. The lowest BCUT2D eigenvalue weighted by Gasteiger charge is -2.21. The highest BCUT2D eigenvalue weighted by Gasteiger charge is 2.20. The monoisotopic (exact) mass is 202 g/mol. The molecule has 1 atom stereocenters. The molecule has 0 spiro atoms. The van der Waals surface area contributed by atoms with E-state index in [0.29, 0.717) is 6.42 Å². The zero-order chi connectivity index (χ0) is 11.1. The Labute approximate surface area is 91.8 Å². The van der Waals surface area contributed by atoms with Gasteiger partial charge in [-0.2, -0.15) is 0 Å². The first kappa shape index (κ1) is 11.7. The molecule has 0 bridgehead atoms. The molecule has 1 aromatic carbocycles. The Morgan fingerprint density at radius 2 is 1.93 bits per heavy atom. The summed E-state index contributed by atoms with van der Waals surface area (Å²) in [4.78, 5) is 0. The molecule has 1 unspecified atom stereocenters. The van der Waals surface area contributed by atoms with E-state index in [-0.39, 0.29) is 0 Å². The van der Waals surface area contributed by atoms with Crippen molar-refractivity contribution in [1.82, 2.24) is 0 Å². The molecule has 0 radical (unpaired) electrons. The van der Waals surface area contributed by atoms with Crippen molar-refractivity contribution in [3.05, 3.63) is 60.7 Å². The molecule has 1 heteroatoms. The zero-order valence-electron chi connectivity index (χ0n) is 9.19. The van der Waals surface area contributed by atoms with E-state index in [1.807, 2.05) is 55.5 Å². The lowest BCUT2D eigenvalue weighted by atomic mass is 9.92. The van der Waals surface area contributed by atoms with Gasteiger partial charge in [-0.1, -0.05) is 48.6 Å². The van der Waals surface area contributed by atoms with Crippen LogP contribution in [0.3, 0.4) is 0 Å². The number of benzene rings is 1. The van der Waals surface area contributed by atoms with Gasteiger partial charge in [-0.15, -0.1) is 6.58 Å². The van der Waals surface area contributed by atoms with Crippen molar-refractivity contribution in [3.63, 3.8) is 0 Å². The Kier molecular flexibility index (Phi) is 4.32. The fourth-order valence-electron chi connectivity index (χ4n) is 1.42. The van der Waals surface area contributed by atoms with E-state index in [0.717, 1.165) is 12.0 Å². The second kappa shape index (κ2) is 5.52. The summed E-state index contributed by atoms with van der Waals surface area (Å²) in [5.41, 5.74) is 0.173. The van der Waals surface area contributed by atoms with Crippen molar-refractivity contribution in [3.8, 4) is 0 Å². The highest BCUT2D eigenvalue weighted by atomic mass is 16.3. The van der Waals surface area contributed by atoms with Crippen LogP contribution in [0.4, 0.5) is 0 Å². The molecule has 0 aromatic heterocycles. The highest BCUT2D eigenvalue weighted by Crippen LogP contribution is 2.24. The molecule has 1 nitrogen and oxygen atoms in total. The van der Waals surface area contributed by atoms with Gasteiger partial charge in [0.25, 0.3) is 0 Å². The fraction of sp³-hybridized carbons (Fsp3) is 0.286. The molecule has 15 heavy (non-hydrogen) atoms. The quantitative estimate of drug-likeness (QED) is 0.725. The zero-order valence-corrected chi connectivity index (χ0v) is 9.19. The van der Waals surface area contributed by atoms with E-state index >= 15 is 0 Å². The molecule has 0 saturated heterocycles. The van der Waals surface area contributed by atoms with Crippen molar-refractivity contribution < 1.29 is 5.11 Å². The van der Waals surface area contributed by atoms with Crippen molar-refractivity contribution >= 4 is 0 Å². The third-order valence-electron chi connectivity index (χ3n) is 2.38. The maximum absolute atomic E-state index is 10.2. The third-order valence-corrected chi connectivity index (χ3v) is 2.38. The SMILES string of the molecule is C=CC/C=C/CC(C)(O)c1ccccc1. The minimum atomic E-state index is -0.779. The molecule has 0 fully saturated rings. The van der Waals surface area contributed by atoms with Gasteiger partial charge in [-0.05, 0) is 25.3 Å². The molecule has 1 rings (SSSR count). The maximum Gasteiger partial charge on any atom is 0.0902 e. The molecule has 80 valence electrons. The molecule has 1 aromatic rings. The molecule has 0 aliphatic carbocycles. The number of hydrogen-bond acceptors (Lipinski definition) is 1. The Morgan fingerprint density at radius 3 is 2.53 bits per heavy atom. The van der Waals surface area contributed by atoms with Gasteiger partial charge in [-0.3, -0.25) is 0 Å². The lowest BCUT2D eigenvalue weighted by molar-refractivity contribution is 0.0605. The van der Waals surface area contributed by atoms with Gasteiger partial charge in [-0.25, -0.2) is 0 Å². The van der Waals surface area contributed by atoms with Crippen LogP contribution in [0.25, 0.3) is 0 Å². The summed E-state index contributed by atoms with van der Waals surface area (Å²) in [6.45, 7) is 5.47. The summed E-state index contributed by atoms with van der Waals surface area (Å²) < 4.78 is 0. The molecule has 0 aliphatic rings. The predicted octanol–water partition coefficient (Wildman–Crippen LogP) is 3.42. The van der Waals surface area contributed by atoms with Crippen molar-refractivity contribution in [2.75, 3.05) is 0 Å². The van der Waals surface area contributed by atoms with Crippen LogP contribution in [0.15, 0.2) is 55.1 Å². The third kappa shape index (κ3) is 3.72. The lowest BCUT2D eigenvalue weighted by Crippen LogP contribution is -2.19. The van der Waals surface area contributed by atoms with Crippen LogP contribution >= 0.6 is 0 Å². The number of allylic oxidation sites excluding steroid dienone is 2. The first-order valence-electron chi connectivity index (χ1n) is 5.20. The van der Waals surface area contributed by atoms with Gasteiger partial charge in [0, 0.05) is 0 Å². The van der Waals surface area contributed by atoms with E-state index in [9.17, 15) is 5.11 Å². The number of rotatable bonds is 5. The average molecular weight is 202 g/mol. The molecule has 0 heterocycles. The van der Waals surface area contributed by atoms with Crippen molar-refractivity contribution in [2.24, 2.45) is 0 Å². The molecular weight excluding hydrogens is 184 g/mol.